The van der Waals surface area contributed by atoms with Gasteiger partial charge in [0.25, 0.3) is 0 Å². The van der Waals surface area contributed by atoms with Crippen molar-refractivity contribution in [2.24, 2.45) is 0 Å². The molecule has 0 bridgehead atoms. The van der Waals surface area contributed by atoms with Gasteiger partial charge in [-0.15, -0.1) is 11.8 Å². The second-order valence-electron chi connectivity index (χ2n) is 5.83. The normalized spacial score (nSPS) is 14.8. The van der Waals surface area contributed by atoms with E-state index >= 15 is 0 Å². The number of amides is 1. The topological polar surface area (TPSA) is 58.4 Å². The van der Waals surface area contributed by atoms with Gasteiger partial charge in [-0.3, -0.25) is 9.48 Å². The number of aromatic nitrogens is 2. The number of carbonyl (C=O) groups excluding carboxylic acids is 1. The highest BCUT2D eigenvalue weighted by atomic mass is 32.2. The molecule has 5 nitrogen and oxygen atoms in total. The molecule has 0 fully saturated rings. The molecule has 23 heavy (non-hydrogen) atoms. The summed E-state index contributed by atoms with van der Waals surface area (Å²) in [6, 6.07) is 8.24. The van der Waals surface area contributed by atoms with Crippen LogP contribution in [0.1, 0.15) is 23.7 Å². The summed E-state index contributed by atoms with van der Waals surface area (Å²) >= 11 is 1.59. The Morgan fingerprint density at radius 1 is 1.35 bits per heavy atom. The van der Waals surface area contributed by atoms with E-state index in [1.165, 1.54) is 5.56 Å². The average molecular weight is 331 g/mol. The van der Waals surface area contributed by atoms with Gasteiger partial charge in [-0.25, -0.2) is 0 Å². The molecule has 0 saturated heterocycles. The number of fused-ring (bicyclic) bond motifs is 1. The predicted octanol–water partition coefficient (Wildman–Crippen LogP) is 2.21. The Balaban J connectivity index is 1.63. The van der Waals surface area contributed by atoms with Crippen LogP contribution in [0, 0.1) is 6.92 Å². The van der Waals surface area contributed by atoms with Crippen LogP contribution in [0.5, 0.6) is 0 Å². The summed E-state index contributed by atoms with van der Waals surface area (Å²) in [7, 11) is 0. The van der Waals surface area contributed by atoms with Crippen molar-refractivity contribution in [3.8, 4) is 0 Å². The summed E-state index contributed by atoms with van der Waals surface area (Å²) < 4.78 is 1.79. The highest BCUT2D eigenvalue weighted by Crippen LogP contribution is 2.28. The number of aliphatic hydroxyl groups is 1. The molecule has 0 radical (unpaired) electrons. The monoisotopic (exact) mass is 331 g/mol. The minimum Gasteiger partial charge on any atom is -0.394 e. The van der Waals surface area contributed by atoms with Crippen molar-refractivity contribution in [2.45, 2.75) is 43.6 Å². The van der Waals surface area contributed by atoms with Crippen LogP contribution in [-0.2, 0) is 24.4 Å². The zero-order valence-corrected chi connectivity index (χ0v) is 14.2. The van der Waals surface area contributed by atoms with Crippen molar-refractivity contribution in [1.82, 2.24) is 14.7 Å². The smallest absolute Gasteiger partial charge is 0.236 e. The standard InChI is InChI=1S/C17H21N3O2S/c1-12-3-5-15(6-4-12)23-13(2)17(22)19-10-14-9-18-20(7-8-21)16(14)11-19/h3-6,9,13,21H,7-8,10-11H2,1-2H3. The molecule has 122 valence electrons. The van der Waals surface area contributed by atoms with Gasteiger partial charge in [-0.2, -0.15) is 5.10 Å². The Morgan fingerprint density at radius 3 is 2.78 bits per heavy atom. The van der Waals surface area contributed by atoms with E-state index in [9.17, 15) is 4.79 Å². The molecule has 1 N–H and O–H groups in total. The number of rotatable bonds is 5. The molecule has 1 aliphatic rings. The van der Waals surface area contributed by atoms with E-state index in [2.05, 4.69) is 36.3 Å². The van der Waals surface area contributed by atoms with Crippen molar-refractivity contribution in [2.75, 3.05) is 6.61 Å². The zero-order valence-electron chi connectivity index (χ0n) is 13.4. The minimum atomic E-state index is -0.124. The molecule has 1 aliphatic heterocycles. The van der Waals surface area contributed by atoms with Crippen LogP contribution < -0.4 is 0 Å². The van der Waals surface area contributed by atoms with Crippen LogP contribution in [0.25, 0.3) is 0 Å². The number of aryl methyl sites for hydroxylation is 1. The Kier molecular flexibility index (Phi) is 4.73. The maximum absolute atomic E-state index is 12.7. The van der Waals surface area contributed by atoms with Crippen molar-refractivity contribution in [3.05, 3.63) is 47.3 Å². The fraction of sp³-hybridized carbons (Fsp3) is 0.412. The molecular weight excluding hydrogens is 310 g/mol. The fourth-order valence-corrected chi connectivity index (χ4v) is 3.73. The molecule has 3 rings (SSSR count). The molecular formula is C17H21N3O2S. The van der Waals surface area contributed by atoms with Crippen molar-refractivity contribution in [3.63, 3.8) is 0 Å². The first-order chi connectivity index (χ1) is 11.1. The number of aliphatic hydroxyl groups excluding tert-OH is 1. The molecule has 2 aromatic rings. The van der Waals surface area contributed by atoms with Gasteiger partial charge >= 0.3 is 0 Å². The number of nitrogens with zero attached hydrogens (tertiary/aromatic N) is 3. The molecule has 1 atom stereocenters. The lowest BCUT2D eigenvalue weighted by atomic mass is 10.2. The fourth-order valence-electron chi connectivity index (χ4n) is 2.78. The third-order valence-electron chi connectivity index (χ3n) is 4.04. The Labute approximate surface area is 140 Å². The number of benzene rings is 1. The molecule has 6 heteroatoms. The molecule has 1 unspecified atom stereocenters. The van der Waals surface area contributed by atoms with E-state index in [0.717, 1.165) is 16.2 Å². The minimum absolute atomic E-state index is 0.0573. The van der Waals surface area contributed by atoms with Gasteiger partial charge < -0.3 is 10.0 Å². The second kappa shape index (κ2) is 6.76. The van der Waals surface area contributed by atoms with Gasteiger partial charge in [0.2, 0.25) is 5.91 Å². The first kappa shape index (κ1) is 16.1. The number of carbonyl (C=O) groups is 1. The van der Waals surface area contributed by atoms with Gasteiger partial charge in [-0.1, -0.05) is 17.7 Å². The quantitative estimate of drug-likeness (QED) is 0.854. The third kappa shape index (κ3) is 3.43. The summed E-state index contributed by atoms with van der Waals surface area (Å²) in [5.74, 6) is 0.141. The van der Waals surface area contributed by atoms with Crippen LogP contribution in [0.4, 0.5) is 0 Å². The Hall–Kier alpha value is -1.79. The average Bonchev–Trinajstić information content (AvgIpc) is 3.11. The molecule has 0 saturated carbocycles. The number of hydrogen-bond donors (Lipinski definition) is 1. The van der Waals surface area contributed by atoms with Gasteiger partial charge in [0.05, 0.1) is 36.8 Å². The molecule has 0 aliphatic carbocycles. The summed E-state index contributed by atoms with van der Waals surface area (Å²) in [6.07, 6.45) is 1.80. The van der Waals surface area contributed by atoms with E-state index in [-0.39, 0.29) is 17.8 Å². The summed E-state index contributed by atoms with van der Waals surface area (Å²) in [4.78, 5) is 15.7. The third-order valence-corrected chi connectivity index (χ3v) is 5.14. The Bertz CT molecular complexity index is 696. The van der Waals surface area contributed by atoms with E-state index in [0.29, 0.717) is 19.6 Å². The molecule has 1 amide bonds. The highest BCUT2D eigenvalue weighted by molar-refractivity contribution is 8.00. The molecule has 0 spiro atoms. The largest absolute Gasteiger partial charge is 0.394 e. The van der Waals surface area contributed by atoms with E-state index < -0.39 is 0 Å². The van der Waals surface area contributed by atoms with Crippen LogP contribution in [0.2, 0.25) is 0 Å². The number of thioether (sulfide) groups is 1. The van der Waals surface area contributed by atoms with Crippen LogP contribution in [0.3, 0.4) is 0 Å². The van der Waals surface area contributed by atoms with Gasteiger partial charge in [0.15, 0.2) is 0 Å². The van der Waals surface area contributed by atoms with Crippen molar-refractivity contribution < 1.29 is 9.90 Å². The van der Waals surface area contributed by atoms with E-state index in [4.69, 9.17) is 5.11 Å². The predicted molar refractivity (Wildman–Crippen MR) is 90.1 cm³/mol. The first-order valence-corrected chi connectivity index (χ1v) is 8.63. The molecule has 1 aromatic carbocycles. The molecule has 1 aromatic heterocycles. The maximum atomic E-state index is 12.7. The summed E-state index contributed by atoms with van der Waals surface area (Å²) in [5, 5.41) is 13.2. The zero-order chi connectivity index (χ0) is 16.4. The summed E-state index contributed by atoms with van der Waals surface area (Å²) in [5.41, 5.74) is 3.34. The van der Waals surface area contributed by atoms with Crippen molar-refractivity contribution >= 4 is 17.7 Å². The summed E-state index contributed by atoms with van der Waals surface area (Å²) in [6.45, 7) is 5.73. The lowest BCUT2D eigenvalue weighted by molar-refractivity contribution is -0.130. The highest BCUT2D eigenvalue weighted by Gasteiger charge is 2.30. The second-order valence-corrected chi connectivity index (χ2v) is 7.24. The SMILES string of the molecule is Cc1ccc(SC(C)C(=O)N2Cc3cnn(CCO)c3C2)cc1. The molecule has 2 heterocycles. The lowest BCUT2D eigenvalue weighted by Crippen LogP contribution is -2.32. The van der Waals surface area contributed by atoms with E-state index in [1.807, 2.05) is 11.8 Å². The van der Waals surface area contributed by atoms with Crippen LogP contribution in [0.15, 0.2) is 35.4 Å². The maximum Gasteiger partial charge on any atom is 0.236 e. The van der Waals surface area contributed by atoms with Gasteiger partial charge in [0, 0.05) is 17.0 Å². The van der Waals surface area contributed by atoms with Gasteiger partial charge in [0.1, 0.15) is 0 Å². The van der Waals surface area contributed by atoms with Crippen LogP contribution in [-0.4, -0.2) is 37.6 Å². The number of hydrogen-bond acceptors (Lipinski definition) is 4. The van der Waals surface area contributed by atoms with E-state index in [1.54, 1.807) is 22.6 Å². The first-order valence-electron chi connectivity index (χ1n) is 7.75. The van der Waals surface area contributed by atoms with Gasteiger partial charge in [-0.05, 0) is 26.0 Å². The lowest BCUT2D eigenvalue weighted by Gasteiger charge is -2.20. The Morgan fingerprint density at radius 2 is 2.09 bits per heavy atom. The van der Waals surface area contributed by atoms with Crippen LogP contribution >= 0.6 is 11.8 Å². The van der Waals surface area contributed by atoms with Crippen molar-refractivity contribution in [1.29, 1.82) is 0 Å².